The maximum atomic E-state index is 12.3. The van der Waals surface area contributed by atoms with Crippen LogP contribution >= 0.6 is 0 Å². The molecule has 0 unspecified atom stereocenters. The Morgan fingerprint density at radius 2 is 1.89 bits per heavy atom. The summed E-state index contributed by atoms with van der Waals surface area (Å²) in [6.45, 7) is 9.50. The highest BCUT2D eigenvalue weighted by Gasteiger charge is 2.11. The van der Waals surface area contributed by atoms with Gasteiger partial charge in [0, 0.05) is 31.9 Å². The topological polar surface area (TPSA) is 79.4 Å². The molecule has 27 heavy (non-hydrogen) atoms. The van der Waals surface area contributed by atoms with E-state index in [9.17, 15) is 4.79 Å². The van der Waals surface area contributed by atoms with Crippen molar-refractivity contribution >= 4 is 17.4 Å². The minimum atomic E-state index is -0.264. The van der Waals surface area contributed by atoms with Crippen LogP contribution in [-0.2, 0) is 4.74 Å². The van der Waals surface area contributed by atoms with Crippen molar-refractivity contribution < 1.29 is 9.53 Å². The van der Waals surface area contributed by atoms with E-state index in [1.807, 2.05) is 24.3 Å². The number of carbonyl (C=O) groups is 1. The SMILES string of the molecule is CC(C)c1ccc(NC(=O)c2cnc(NCCN3CCOCC3)cn2)cc1. The number of rotatable bonds is 7. The van der Waals surface area contributed by atoms with Crippen molar-refractivity contribution in [2.24, 2.45) is 0 Å². The number of benzene rings is 1. The van der Waals surface area contributed by atoms with Crippen LogP contribution in [-0.4, -0.2) is 60.2 Å². The molecular weight excluding hydrogens is 342 g/mol. The van der Waals surface area contributed by atoms with E-state index in [4.69, 9.17) is 4.74 Å². The summed E-state index contributed by atoms with van der Waals surface area (Å²) in [4.78, 5) is 23.2. The molecule has 2 aromatic rings. The maximum Gasteiger partial charge on any atom is 0.275 e. The molecule has 3 rings (SSSR count). The number of nitrogens with one attached hydrogen (secondary N) is 2. The first-order valence-electron chi connectivity index (χ1n) is 9.39. The second-order valence-corrected chi connectivity index (χ2v) is 6.90. The fourth-order valence-electron chi connectivity index (χ4n) is 2.85. The molecule has 1 aliphatic heterocycles. The summed E-state index contributed by atoms with van der Waals surface area (Å²) in [5.74, 6) is 0.865. The molecule has 0 spiro atoms. The lowest BCUT2D eigenvalue weighted by Gasteiger charge is -2.26. The number of hydrogen-bond acceptors (Lipinski definition) is 6. The molecule has 1 saturated heterocycles. The summed E-state index contributed by atoms with van der Waals surface area (Å²) in [5, 5.41) is 6.09. The minimum Gasteiger partial charge on any atom is -0.379 e. The van der Waals surface area contributed by atoms with Gasteiger partial charge in [0.15, 0.2) is 0 Å². The number of nitrogens with zero attached hydrogens (tertiary/aromatic N) is 3. The molecule has 1 fully saturated rings. The van der Waals surface area contributed by atoms with Crippen molar-refractivity contribution in [3.63, 3.8) is 0 Å². The lowest BCUT2D eigenvalue weighted by atomic mass is 10.0. The zero-order valence-corrected chi connectivity index (χ0v) is 15.9. The summed E-state index contributed by atoms with van der Waals surface area (Å²) in [7, 11) is 0. The third-order valence-electron chi connectivity index (χ3n) is 4.56. The molecule has 1 aliphatic rings. The predicted octanol–water partition coefficient (Wildman–Crippen LogP) is 2.60. The molecule has 144 valence electrons. The largest absolute Gasteiger partial charge is 0.379 e. The van der Waals surface area contributed by atoms with E-state index >= 15 is 0 Å². The molecule has 0 atom stereocenters. The molecule has 0 saturated carbocycles. The van der Waals surface area contributed by atoms with Crippen LogP contribution in [0.2, 0.25) is 0 Å². The molecule has 2 heterocycles. The summed E-state index contributed by atoms with van der Waals surface area (Å²) in [6.07, 6.45) is 3.09. The molecule has 0 radical (unpaired) electrons. The van der Waals surface area contributed by atoms with Crippen LogP contribution < -0.4 is 10.6 Å². The Hall–Kier alpha value is -2.51. The van der Waals surface area contributed by atoms with Crippen LogP contribution in [0.15, 0.2) is 36.7 Å². The number of carbonyl (C=O) groups excluding carboxylic acids is 1. The fourth-order valence-corrected chi connectivity index (χ4v) is 2.85. The highest BCUT2D eigenvalue weighted by Crippen LogP contribution is 2.17. The van der Waals surface area contributed by atoms with E-state index in [0.717, 1.165) is 45.1 Å². The van der Waals surface area contributed by atoms with Crippen molar-refractivity contribution in [2.45, 2.75) is 19.8 Å². The van der Waals surface area contributed by atoms with E-state index in [-0.39, 0.29) is 5.91 Å². The third kappa shape index (κ3) is 5.74. The highest BCUT2D eigenvalue weighted by molar-refractivity contribution is 6.02. The van der Waals surface area contributed by atoms with Crippen molar-refractivity contribution in [3.05, 3.63) is 47.9 Å². The Morgan fingerprint density at radius 1 is 1.15 bits per heavy atom. The Bertz CT molecular complexity index is 725. The van der Waals surface area contributed by atoms with Crippen LogP contribution in [0.3, 0.4) is 0 Å². The Morgan fingerprint density at radius 3 is 2.52 bits per heavy atom. The van der Waals surface area contributed by atoms with Gasteiger partial charge in [0.25, 0.3) is 5.91 Å². The molecule has 1 aromatic carbocycles. The normalized spacial score (nSPS) is 14.9. The zero-order valence-electron chi connectivity index (χ0n) is 15.9. The van der Waals surface area contributed by atoms with Gasteiger partial charge in [0.1, 0.15) is 11.5 Å². The van der Waals surface area contributed by atoms with Gasteiger partial charge in [-0.2, -0.15) is 0 Å². The van der Waals surface area contributed by atoms with E-state index < -0.39 is 0 Å². The quantitative estimate of drug-likeness (QED) is 0.781. The monoisotopic (exact) mass is 369 g/mol. The van der Waals surface area contributed by atoms with Gasteiger partial charge in [-0.05, 0) is 23.6 Å². The number of anilines is 2. The third-order valence-corrected chi connectivity index (χ3v) is 4.56. The predicted molar refractivity (Wildman–Crippen MR) is 106 cm³/mol. The average Bonchev–Trinajstić information content (AvgIpc) is 2.70. The van der Waals surface area contributed by atoms with E-state index in [2.05, 4.69) is 39.3 Å². The van der Waals surface area contributed by atoms with Crippen LogP contribution in [0.4, 0.5) is 11.5 Å². The van der Waals surface area contributed by atoms with Crippen molar-refractivity contribution in [1.29, 1.82) is 0 Å². The summed E-state index contributed by atoms with van der Waals surface area (Å²) in [6, 6.07) is 7.85. The van der Waals surface area contributed by atoms with Gasteiger partial charge < -0.3 is 15.4 Å². The van der Waals surface area contributed by atoms with Crippen LogP contribution in [0, 0.1) is 0 Å². The number of amides is 1. The molecule has 2 N–H and O–H groups in total. The lowest BCUT2D eigenvalue weighted by molar-refractivity contribution is 0.0398. The Kier molecular flexibility index (Phi) is 6.73. The molecule has 0 bridgehead atoms. The zero-order chi connectivity index (χ0) is 19.1. The molecule has 1 amide bonds. The van der Waals surface area contributed by atoms with Gasteiger partial charge in [-0.15, -0.1) is 0 Å². The van der Waals surface area contributed by atoms with E-state index in [1.54, 1.807) is 6.20 Å². The van der Waals surface area contributed by atoms with Crippen molar-refractivity contribution in [3.8, 4) is 0 Å². The molecule has 7 nitrogen and oxygen atoms in total. The number of hydrogen-bond donors (Lipinski definition) is 2. The number of morpholine rings is 1. The van der Waals surface area contributed by atoms with Gasteiger partial charge in [-0.25, -0.2) is 9.97 Å². The summed E-state index contributed by atoms with van der Waals surface area (Å²) >= 11 is 0. The van der Waals surface area contributed by atoms with E-state index in [0.29, 0.717) is 17.4 Å². The molecular formula is C20H27N5O2. The number of aromatic nitrogens is 2. The first-order valence-corrected chi connectivity index (χ1v) is 9.39. The van der Waals surface area contributed by atoms with Gasteiger partial charge in [0.05, 0.1) is 25.6 Å². The first-order chi connectivity index (χ1) is 13.1. The van der Waals surface area contributed by atoms with Gasteiger partial charge in [-0.1, -0.05) is 26.0 Å². The Balaban J connectivity index is 1.47. The van der Waals surface area contributed by atoms with Gasteiger partial charge in [-0.3, -0.25) is 9.69 Å². The maximum absolute atomic E-state index is 12.3. The average molecular weight is 369 g/mol. The fraction of sp³-hybridized carbons (Fsp3) is 0.450. The molecule has 0 aliphatic carbocycles. The highest BCUT2D eigenvalue weighted by atomic mass is 16.5. The summed E-state index contributed by atoms with van der Waals surface area (Å²) in [5.41, 5.74) is 2.28. The van der Waals surface area contributed by atoms with Crippen LogP contribution in [0.5, 0.6) is 0 Å². The second kappa shape index (κ2) is 9.43. The van der Waals surface area contributed by atoms with Crippen LogP contribution in [0.1, 0.15) is 35.8 Å². The Labute approximate surface area is 160 Å². The van der Waals surface area contributed by atoms with Crippen molar-refractivity contribution in [1.82, 2.24) is 14.9 Å². The summed E-state index contributed by atoms with van der Waals surface area (Å²) < 4.78 is 5.34. The first kappa shape index (κ1) is 19.3. The smallest absolute Gasteiger partial charge is 0.275 e. The van der Waals surface area contributed by atoms with Crippen LogP contribution in [0.25, 0.3) is 0 Å². The van der Waals surface area contributed by atoms with E-state index in [1.165, 1.54) is 11.8 Å². The van der Waals surface area contributed by atoms with Gasteiger partial charge >= 0.3 is 0 Å². The standard InChI is InChI=1S/C20H27N5O2/c1-15(2)16-3-5-17(6-4-16)24-20(26)18-13-23-19(14-22-18)21-7-8-25-9-11-27-12-10-25/h3-6,13-15H,7-12H2,1-2H3,(H,21,23)(H,24,26). The minimum absolute atomic E-state index is 0.264. The second-order valence-electron chi connectivity index (χ2n) is 6.90. The number of ether oxygens (including phenoxy) is 1. The lowest BCUT2D eigenvalue weighted by Crippen LogP contribution is -2.39. The van der Waals surface area contributed by atoms with Crippen molar-refractivity contribution in [2.75, 3.05) is 50.0 Å². The van der Waals surface area contributed by atoms with Gasteiger partial charge in [0.2, 0.25) is 0 Å². The molecule has 1 aromatic heterocycles. The molecule has 7 heteroatoms.